The summed E-state index contributed by atoms with van der Waals surface area (Å²) in [5.41, 5.74) is 0. The maximum Gasteiger partial charge on any atom is 0.225 e. The molecule has 0 aromatic carbocycles. The van der Waals surface area contributed by atoms with E-state index < -0.39 is 6.10 Å². The fourth-order valence-electron chi connectivity index (χ4n) is 3.41. The van der Waals surface area contributed by atoms with Crippen LogP contribution in [0.4, 0.5) is 0 Å². The molecule has 22 heavy (non-hydrogen) atoms. The Morgan fingerprint density at radius 2 is 2.05 bits per heavy atom. The third-order valence-corrected chi connectivity index (χ3v) is 5.11. The first-order chi connectivity index (χ1) is 10.7. The van der Waals surface area contributed by atoms with E-state index in [1.165, 1.54) is 12.8 Å². The van der Waals surface area contributed by atoms with Gasteiger partial charge in [0.05, 0.1) is 18.9 Å². The number of piperidine rings is 1. The van der Waals surface area contributed by atoms with Gasteiger partial charge in [-0.05, 0) is 50.4 Å². The van der Waals surface area contributed by atoms with E-state index in [0.717, 1.165) is 51.2 Å². The minimum Gasteiger partial charge on any atom is -0.392 e. The van der Waals surface area contributed by atoms with Gasteiger partial charge in [-0.15, -0.1) is 0 Å². The number of aryl methyl sites for hydroxylation is 1. The lowest BCUT2D eigenvalue weighted by Gasteiger charge is -2.32. The summed E-state index contributed by atoms with van der Waals surface area (Å²) in [7, 11) is 0. The topological polar surface area (TPSA) is 58.4 Å². The number of nitrogens with zero attached hydrogens (tertiary/aromatic N) is 3. The maximum absolute atomic E-state index is 12.2. The van der Waals surface area contributed by atoms with Gasteiger partial charge in [-0.25, -0.2) is 4.98 Å². The number of rotatable bonds is 7. The molecule has 1 atom stereocenters. The van der Waals surface area contributed by atoms with Crippen molar-refractivity contribution in [3.8, 4) is 0 Å². The van der Waals surface area contributed by atoms with Crippen LogP contribution in [0.2, 0.25) is 0 Å². The Bertz CT molecular complexity index is 462. The van der Waals surface area contributed by atoms with Crippen molar-refractivity contribution in [1.29, 1.82) is 0 Å². The van der Waals surface area contributed by atoms with Crippen molar-refractivity contribution in [3.05, 3.63) is 18.7 Å². The Morgan fingerprint density at radius 3 is 2.68 bits per heavy atom. The number of aliphatic hydroxyl groups is 1. The summed E-state index contributed by atoms with van der Waals surface area (Å²) in [6, 6.07) is 0. The van der Waals surface area contributed by atoms with Crippen LogP contribution in [0, 0.1) is 11.8 Å². The standard InChI is InChI=1S/C17H27N3O2/c21-16(15-3-4-15)12-17(22)20-9-5-14(6-10-20)2-1-8-19-11-7-18-13-19/h7,11,13-16,21H,1-6,8-10,12H2. The molecule has 0 radical (unpaired) electrons. The quantitative estimate of drug-likeness (QED) is 0.839. The van der Waals surface area contributed by atoms with E-state index in [4.69, 9.17) is 0 Å². The Hall–Kier alpha value is -1.36. The Balaban J connectivity index is 1.32. The third kappa shape index (κ3) is 4.32. The van der Waals surface area contributed by atoms with Crippen LogP contribution in [-0.2, 0) is 11.3 Å². The minimum absolute atomic E-state index is 0.149. The molecule has 1 aromatic rings. The summed E-state index contributed by atoms with van der Waals surface area (Å²) in [6.07, 6.45) is 12.4. The SMILES string of the molecule is O=C(CC(O)C1CC1)N1CCC(CCCn2ccnc2)CC1. The van der Waals surface area contributed by atoms with E-state index in [-0.39, 0.29) is 5.91 Å². The highest BCUT2D eigenvalue weighted by Crippen LogP contribution is 2.34. The van der Waals surface area contributed by atoms with Crippen LogP contribution >= 0.6 is 0 Å². The van der Waals surface area contributed by atoms with Gasteiger partial charge in [0.25, 0.3) is 0 Å². The highest BCUT2D eigenvalue weighted by atomic mass is 16.3. The average molecular weight is 305 g/mol. The molecule has 1 saturated carbocycles. The van der Waals surface area contributed by atoms with Gasteiger partial charge in [0, 0.05) is 32.0 Å². The zero-order valence-electron chi connectivity index (χ0n) is 13.2. The molecule has 5 heteroatoms. The number of aromatic nitrogens is 2. The number of carbonyl (C=O) groups is 1. The first kappa shape index (κ1) is 15.5. The largest absolute Gasteiger partial charge is 0.392 e. The molecule has 1 unspecified atom stereocenters. The molecule has 1 amide bonds. The molecule has 1 aromatic heterocycles. The van der Waals surface area contributed by atoms with E-state index in [9.17, 15) is 9.90 Å². The number of imidazole rings is 1. The van der Waals surface area contributed by atoms with Crippen LogP contribution in [-0.4, -0.2) is 44.7 Å². The number of likely N-dealkylation sites (tertiary alicyclic amines) is 1. The van der Waals surface area contributed by atoms with Crippen LogP contribution in [0.1, 0.15) is 44.9 Å². The molecule has 0 bridgehead atoms. The van der Waals surface area contributed by atoms with E-state index in [0.29, 0.717) is 12.3 Å². The van der Waals surface area contributed by atoms with Crippen molar-refractivity contribution in [3.63, 3.8) is 0 Å². The van der Waals surface area contributed by atoms with Gasteiger partial charge in [0.15, 0.2) is 0 Å². The van der Waals surface area contributed by atoms with Gasteiger partial charge in [-0.3, -0.25) is 4.79 Å². The lowest BCUT2D eigenvalue weighted by Crippen LogP contribution is -2.40. The van der Waals surface area contributed by atoms with Crippen molar-refractivity contribution in [2.24, 2.45) is 11.8 Å². The molecule has 0 spiro atoms. The lowest BCUT2D eigenvalue weighted by molar-refractivity contribution is -0.135. The molecular weight excluding hydrogens is 278 g/mol. The second-order valence-electron chi connectivity index (χ2n) is 6.88. The normalized spacial score (nSPS) is 21.0. The summed E-state index contributed by atoms with van der Waals surface area (Å²) in [6.45, 7) is 2.77. The molecule has 3 rings (SSSR count). The molecular formula is C17H27N3O2. The van der Waals surface area contributed by atoms with Crippen LogP contribution in [0.3, 0.4) is 0 Å². The van der Waals surface area contributed by atoms with E-state index >= 15 is 0 Å². The van der Waals surface area contributed by atoms with Crippen LogP contribution in [0.15, 0.2) is 18.7 Å². The van der Waals surface area contributed by atoms with Crippen LogP contribution < -0.4 is 0 Å². The zero-order valence-corrected chi connectivity index (χ0v) is 13.2. The smallest absolute Gasteiger partial charge is 0.225 e. The fraction of sp³-hybridized carbons (Fsp3) is 0.765. The fourth-order valence-corrected chi connectivity index (χ4v) is 3.41. The minimum atomic E-state index is -0.402. The number of hydrogen-bond acceptors (Lipinski definition) is 3. The molecule has 5 nitrogen and oxygen atoms in total. The van der Waals surface area contributed by atoms with Crippen molar-refractivity contribution in [2.45, 2.75) is 57.6 Å². The molecule has 2 fully saturated rings. The predicted octanol–water partition coefficient (Wildman–Crippen LogP) is 2.06. The molecule has 1 aliphatic heterocycles. The highest BCUT2D eigenvalue weighted by Gasteiger charge is 2.32. The van der Waals surface area contributed by atoms with E-state index in [2.05, 4.69) is 9.55 Å². The number of hydrogen-bond donors (Lipinski definition) is 1. The monoisotopic (exact) mass is 305 g/mol. The molecule has 122 valence electrons. The Morgan fingerprint density at radius 1 is 1.27 bits per heavy atom. The lowest BCUT2D eigenvalue weighted by atomic mass is 9.92. The first-order valence-corrected chi connectivity index (χ1v) is 8.64. The van der Waals surface area contributed by atoms with Gasteiger partial charge in [-0.2, -0.15) is 0 Å². The Kier molecular flexibility index (Phi) is 5.13. The van der Waals surface area contributed by atoms with Gasteiger partial charge in [0.2, 0.25) is 5.91 Å². The molecule has 1 N–H and O–H groups in total. The molecule has 1 saturated heterocycles. The third-order valence-electron chi connectivity index (χ3n) is 5.11. The van der Waals surface area contributed by atoms with Crippen molar-refractivity contribution in [2.75, 3.05) is 13.1 Å². The predicted molar refractivity (Wildman–Crippen MR) is 84.1 cm³/mol. The average Bonchev–Trinajstić information content (AvgIpc) is 3.26. The summed E-state index contributed by atoms with van der Waals surface area (Å²) < 4.78 is 2.12. The second kappa shape index (κ2) is 7.27. The van der Waals surface area contributed by atoms with Crippen LogP contribution in [0.5, 0.6) is 0 Å². The van der Waals surface area contributed by atoms with Gasteiger partial charge >= 0.3 is 0 Å². The number of aliphatic hydroxyl groups excluding tert-OH is 1. The molecule has 2 heterocycles. The van der Waals surface area contributed by atoms with Crippen LogP contribution in [0.25, 0.3) is 0 Å². The summed E-state index contributed by atoms with van der Waals surface area (Å²) in [5.74, 6) is 1.28. The summed E-state index contributed by atoms with van der Waals surface area (Å²) >= 11 is 0. The highest BCUT2D eigenvalue weighted by molar-refractivity contribution is 5.76. The van der Waals surface area contributed by atoms with Crippen molar-refractivity contribution in [1.82, 2.24) is 14.5 Å². The van der Waals surface area contributed by atoms with E-state index in [1.54, 1.807) is 0 Å². The molecule has 1 aliphatic carbocycles. The van der Waals surface area contributed by atoms with Crippen molar-refractivity contribution < 1.29 is 9.90 Å². The number of amides is 1. The van der Waals surface area contributed by atoms with Gasteiger partial charge in [0.1, 0.15) is 0 Å². The summed E-state index contributed by atoms with van der Waals surface area (Å²) in [5, 5.41) is 9.89. The van der Waals surface area contributed by atoms with Crippen molar-refractivity contribution >= 4 is 5.91 Å². The maximum atomic E-state index is 12.2. The van der Waals surface area contributed by atoms with Gasteiger partial charge in [-0.1, -0.05) is 0 Å². The molecule has 2 aliphatic rings. The zero-order chi connectivity index (χ0) is 15.4. The first-order valence-electron chi connectivity index (χ1n) is 8.64. The van der Waals surface area contributed by atoms with Gasteiger partial charge < -0.3 is 14.6 Å². The summed E-state index contributed by atoms with van der Waals surface area (Å²) in [4.78, 5) is 18.2. The number of carbonyl (C=O) groups excluding carboxylic acids is 1. The second-order valence-corrected chi connectivity index (χ2v) is 6.88. The Labute approximate surface area is 132 Å². The van der Waals surface area contributed by atoms with E-state index in [1.807, 2.05) is 23.6 Å².